The smallest absolute Gasteiger partial charge is 0.309 e. The standard InChI is InChI=1S/C4H7F2NO4P2/c1-2-3-4-11-13(6,10)7-12(5,8)9/h4H2,1H3,(H2,7,8,9,10). The van der Waals surface area contributed by atoms with E-state index < -0.39 is 22.3 Å². The Morgan fingerprint density at radius 2 is 2.08 bits per heavy atom. The molecule has 0 fully saturated rings. The van der Waals surface area contributed by atoms with Crippen LogP contribution in [0.4, 0.5) is 8.39 Å². The maximum atomic E-state index is 12.5. The molecule has 0 bridgehead atoms. The van der Waals surface area contributed by atoms with Gasteiger partial charge in [0.15, 0.2) is 0 Å². The van der Waals surface area contributed by atoms with Gasteiger partial charge in [-0.25, -0.2) is 9.13 Å². The van der Waals surface area contributed by atoms with Gasteiger partial charge in [0.05, 0.1) is 0 Å². The first-order valence-corrected chi connectivity index (χ1v) is 5.99. The lowest BCUT2D eigenvalue weighted by Gasteiger charge is -2.08. The van der Waals surface area contributed by atoms with Crippen molar-refractivity contribution in [2.75, 3.05) is 6.61 Å². The van der Waals surface area contributed by atoms with E-state index >= 15 is 0 Å². The first-order chi connectivity index (χ1) is 5.77. The van der Waals surface area contributed by atoms with E-state index in [1.54, 1.807) is 0 Å². The molecule has 5 nitrogen and oxygen atoms in total. The Bertz CT molecular complexity index is 316. The van der Waals surface area contributed by atoms with E-state index in [1.807, 2.05) is 0 Å². The predicted octanol–water partition coefficient (Wildman–Crippen LogP) is 1.76. The molecule has 0 aliphatic rings. The van der Waals surface area contributed by atoms with Crippen molar-refractivity contribution in [2.45, 2.75) is 6.92 Å². The molecule has 0 aromatic rings. The molecule has 0 saturated carbocycles. The Morgan fingerprint density at radius 3 is 2.46 bits per heavy atom. The average molecular weight is 233 g/mol. The Labute approximate surface area is 73.7 Å². The van der Waals surface area contributed by atoms with E-state index in [0.717, 1.165) is 0 Å². The Balaban J connectivity index is 4.15. The molecular formula is C4H7F2NO4P2. The molecule has 2 atom stereocenters. The third kappa shape index (κ3) is 8.10. The summed E-state index contributed by atoms with van der Waals surface area (Å²) in [4.78, 5) is 8.66. The SMILES string of the molecule is CC#CCOP(=O)(F)NP(=O)(O)F. The number of hydrogen-bond acceptors (Lipinski definition) is 3. The van der Waals surface area contributed by atoms with Crippen molar-refractivity contribution in [1.29, 1.82) is 0 Å². The van der Waals surface area contributed by atoms with Crippen LogP contribution in [0, 0.1) is 11.8 Å². The number of hydrogen-bond donors (Lipinski definition) is 2. The van der Waals surface area contributed by atoms with Gasteiger partial charge in [-0.2, -0.15) is 0 Å². The molecule has 2 N–H and O–H groups in total. The van der Waals surface area contributed by atoms with Crippen LogP contribution in [0.2, 0.25) is 0 Å². The summed E-state index contributed by atoms with van der Waals surface area (Å²) in [5, 5.41) is 0. The van der Waals surface area contributed by atoms with Crippen LogP contribution < -0.4 is 4.86 Å². The summed E-state index contributed by atoms with van der Waals surface area (Å²) in [5.41, 5.74) is 0. The van der Waals surface area contributed by atoms with E-state index in [2.05, 4.69) is 16.4 Å². The minimum Gasteiger partial charge on any atom is -0.309 e. The minimum atomic E-state index is -5.40. The molecule has 2 unspecified atom stereocenters. The predicted molar refractivity (Wildman–Crippen MR) is 42.2 cm³/mol. The van der Waals surface area contributed by atoms with Gasteiger partial charge in [0.1, 0.15) is 6.61 Å². The summed E-state index contributed by atoms with van der Waals surface area (Å²) >= 11 is 0. The van der Waals surface area contributed by atoms with Gasteiger partial charge >= 0.3 is 15.7 Å². The lowest BCUT2D eigenvalue weighted by atomic mass is 10.6. The monoisotopic (exact) mass is 233 g/mol. The van der Waals surface area contributed by atoms with Crippen molar-refractivity contribution in [2.24, 2.45) is 0 Å². The van der Waals surface area contributed by atoms with Crippen LogP contribution in [-0.2, 0) is 13.7 Å². The van der Waals surface area contributed by atoms with Gasteiger partial charge in [-0.1, -0.05) is 5.92 Å². The van der Waals surface area contributed by atoms with Crippen LogP contribution in [0.15, 0.2) is 0 Å². The second-order valence-electron chi connectivity index (χ2n) is 1.78. The normalized spacial score (nSPS) is 19.4. The lowest BCUT2D eigenvalue weighted by molar-refractivity contribution is 0.317. The van der Waals surface area contributed by atoms with Gasteiger partial charge in [-0.05, 0) is 6.92 Å². The van der Waals surface area contributed by atoms with Gasteiger partial charge < -0.3 is 4.89 Å². The molecule has 0 radical (unpaired) electrons. The maximum Gasteiger partial charge on any atom is 0.453 e. The number of rotatable bonds is 4. The highest BCUT2D eigenvalue weighted by Crippen LogP contribution is 2.55. The molecule has 0 aromatic carbocycles. The van der Waals surface area contributed by atoms with Crippen LogP contribution in [0.1, 0.15) is 6.92 Å². The Kier molecular flexibility index (Phi) is 4.76. The van der Waals surface area contributed by atoms with Crippen LogP contribution in [0.5, 0.6) is 0 Å². The van der Waals surface area contributed by atoms with Crippen LogP contribution in [0.25, 0.3) is 0 Å². The van der Waals surface area contributed by atoms with Crippen molar-refractivity contribution in [3.63, 3.8) is 0 Å². The molecule has 0 aliphatic carbocycles. The molecular weight excluding hydrogens is 226 g/mol. The Hall–Kier alpha value is -0.240. The third-order valence-electron chi connectivity index (χ3n) is 0.722. The van der Waals surface area contributed by atoms with E-state index in [4.69, 9.17) is 4.89 Å². The fourth-order valence-electron chi connectivity index (χ4n) is 0.364. The molecule has 0 rings (SSSR count). The van der Waals surface area contributed by atoms with Crippen molar-refractivity contribution in [3.05, 3.63) is 0 Å². The van der Waals surface area contributed by atoms with Crippen molar-refractivity contribution >= 4 is 15.7 Å². The summed E-state index contributed by atoms with van der Waals surface area (Å²) in [5.74, 6) is 4.46. The second kappa shape index (κ2) is 4.85. The summed E-state index contributed by atoms with van der Waals surface area (Å²) in [7, 11) is -10.5. The van der Waals surface area contributed by atoms with Crippen LogP contribution in [-0.4, -0.2) is 11.5 Å². The van der Waals surface area contributed by atoms with E-state index in [1.165, 1.54) is 6.92 Å². The summed E-state index contributed by atoms with van der Waals surface area (Å²) < 4.78 is 48.6. The van der Waals surface area contributed by atoms with Crippen molar-refractivity contribution in [3.8, 4) is 11.8 Å². The molecule has 0 aromatic heterocycles. The first-order valence-electron chi connectivity index (χ1n) is 2.93. The first kappa shape index (κ1) is 12.8. The van der Waals surface area contributed by atoms with Crippen molar-refractivity contribution in [1.82, 2.24) is 4.86 Å². The minimum absolute atomic E-state index is 0.558. The fourth-order valence-corrected chi connectivity index (χ4v) is 2.00. The quantitative estimate of drug-likeness (QED) is 0.571. The highest BCUT2D eigenvalue weighted by atomic mass is 31.3. The summed E-state index contributed by atoms with van der Waals surface area (Å²) in [6.45, 7) is 0.864. The third-order valence-corrected chi connectivity index (χ3v) is 3.13. The zero-order valence-corrected chi connectivity index (χ0v) is 8.32. The molecule has 0 aliphatic heterocycles. The van der Waals surface area contributed by atoms with Crippen LogP contribution in [0.3, 0.4) is 0 Å². The van der Waals surface area contributed by atoms with Gasteiger partial charge in [-0.15, -0.1) is 19.2 Å². The molecule has 0 saturated heterocycles. The molecule has 0 spiro atoms. The highest BCUT2D eigenvalue weighted by molar-refractivity contribution is 7.66. The molecule has 76 valence electrons. The fraction of sp³-hybridized carbons (Fsp3) is 0.500. The summed E-state index contributed by atoms with van der Waals surface area (Å²) in [6, 6.07) is 0. The molecule has 0 amide bonds. The number of nitrogens with one attached hydrogen (secondary N) is 1. The van der Waals surface area contributed by atoms with Gasteiger partial charge in [0.2, 0.25) is 0 Å². The largest absolute Gasteiger partial charge is 0.453 e. The Morgan fingerprint density at radius 1 is 1.54 bits per heavy atom. The van der Waals surface area contributed by atoms with E-state index in [0.29, 0.717) is 4.86 Å². The van der Waals surface area contributed by atoms with Gasteiger partial charge in [0, 0.05) is 0 Å². The zero-order chi connectivity index (χ0) is 10.5. The highest BCUT2D eigenvalue weighted by Gasteiger charge is 2.32. The topological polar surface area (TPSA) is 75.6 Å². The van der Waals surface area contributed by atoms with Gasteiger partial charge in [-0.3, -0.25) is 4.52 Å². The lowest BCUT2D eigenvalue weighted by Crippen LogP contribution is -2.03. The molecule has 0 heterocycles. The number of halogens is 2. The summed E-state index contributed by atoms with van der Waals surface area (Å²) in [6.07, 6.45) is 0. The van der Waals surface area contributed by atoms with Crippen molar-refractivity contribution < 1.29 is 26.9 Å². The molecule has 13 heavy (non-hydrogen) atoms. The average Bonchev–Trinajstić information content (AvgIpc) is 1.81. The zero-order valence-electron chi connectivity index (χ0n) is 6.53. The van der Waals surface area contributed by atoms with E-state index in [-0.39, 0.29) is 0 Å². The molecule has 9 heteroatoms. The van der Waals surface area contributed by atoms with E-state index in [9.17, 15) is 17.5 Å². The van der Waals surface area contributed by atoms with Crippen LogP contribution >= 0.6 is 15.7 Å². The second-order valence-corrected chi connectivity index (χ2v) is 4.80. The van der Waals surface area contributed by atoms with Gasteiger partial charge in [0.25, 0.3) is 0 Å². The maximum absolute atomic E-state index is 12.5.